The van der Waals surface area contributed by atoms with E-state index in [-0.39, 0.29) is 10.7 Å². The quantitative estimate of drug-likeness (QED) is 0.316. The molecule has 120 valence electrons. The van der Waals surface area contributed by atoms with Crippen LogP contribution >= 0.6 is 46.4 Å². The van der Waals surface area contributed by atoms with Gasteiger partial charge in [0.05, 0.1) is 5.69 Å². The number of rotatable bonds is 2. The van der Waals surface area contributed by atoms with E-state index in [4.69, 9.17) is 23.8 Å². The first-order valence-corrected chi connectivity index (χ1v) is 8.75. The molecule has 0 bridgehead atoms. The Morgan fingerprint density at radius 3 is 2.42 bits per heavy atom. The van der Waals surface area contributed by atoms with Crippen LogP contribution in [0.3, 0.4) is 0 Å². The number of nitrogens with one attached hydrogen (secondary N) is 1. The number of anilines is 1. The van der Waals surface area contributed by atoms with Gasteiger partial charge in [-0.3, -0.25) is 19.8 Å². The minimum absolute atomic E-state index is 0.0302. The van der Waals surface area contributed by atoms with E-state index in [1.807, 2.05) is 24.3 Å². The molecule has 1 saturated heterocycles. The number of nitrogens with zero attached hydrogens (tertiary/aromatic N) is 1. The Bertz CT molecular complexity index is 880. The van der Waals surface area contributed by atoms with Crippen molar-refractivity contribution in [3.63, 3.8) is 0 Å². The maximum absolute atomic E-state index is 12.8. The largest absolute Gasteiger partial charge is 0.298 e. The highest BCUT2D eigenvalue weighted by Gasteiger charge is 2.34. The number of thiocarbonyl (C=S) groups is 1. The van der Waals surface area contributed by atoms with Gasteiger partial charge in [0, 0.05) is 8.59 Å². The van der Waals surface area contributed by atoms with Gasteiger partial charge in [-0.2, -0.15) is 0 Å². The van der Waals surface area contributed by atoms with Crippen molar-refractivity contribution >= 4 is 75.1 Å². The lowest BCUT2D eigenvalue weighted by molar-refractivity contribution is -0.122. The Labute approximate surface area is 162 Å². The Hall–Kier alpha value is -1.77. The molecule has 3 rings (SSSR count). The molecule has 1 aliphatic heterocycles. The fourth-order valence-electron chi connectivity index (χ4n) is 2.23. The normalized spacial score (nSPS) is 16.5. The van der Waals surface area contributed by atoms with E-state index in [0.29, 0.717) is 10.7 Å². The second kappa shape index (κ2) is 7.00. The molecule has 0 saturated carbocycles. The summed E-state index contributed by atoms with van der Waals surface area (Å²) in [6, 6.07) is 14.2. The third-order valence-electron chi connectivity index (χ3n) is 3.39. The maximum atomic E-state index is 12.8. The maximum Gasteiger partial charge on any atom is 0.270 e. The van der Waals surface area contributed by atoms with Gasteiger partial charge in [-0.15, -0.1) is 0 Å². The van der Waals surface area contributed by atoms with Crippen LogP contribution in [0.5, 0.6) is 0 Å². The van der Waals surface area contributed by atoms with Crippen molar-refractivity contribution in [2.45, 2.75) is 0 Å². The van der Waals surface area contributed by atoms with Gasteiger partial charge in [0.2, 0.25) is 0 Å². The molecule has 0 radical (unpaired) electrons. The summed E-state index contributed by atoms with van der Waals surface area (Å²) in [5.41, 5.74) is 1.37. The molecule has 0 spiro atoms. The second-order valence-corrected chi connectivity index (χ2v) is 6.94. The SMILES string of the molecule is O=C1NC(=S)N(c2ccc(Cl)cc2)C(=O)C1=Cc1ccccc1I. The van der Waals surface area contributed by atoms with Crippen molar-refractivity contribution < 1.29 is 9.59 Å². The smallest absolute Gasteiger partial charge is 0.270 e. The summed E-state index contributed by atoms with van der Waals surface area (Å²) >= 11 is 13.2. The molecule has 1 fully saturated rings. The summed E-state index contributed by atoms with van der Waals surface area (Å²) in [5.74, 6) is -0.972. The van der Waals surface area contributed by atoms with Crippen LogP contribution in [0, 0.1) is 3.57 Å². The minimum Gasteiger partial charge on any atom is -0.298 e. The average Bonchev–Trinajstić information content (AvgIpc) is 2.54. The number of hydrogen-bond donors (Lipinski definition) is 1. The Morgan fingerprint density at radius 1 is 1.08 bits per heavy atom. The van der Waals surface area contributed by atoms with Gasteiger partial charge in [-0.1, -0.05) is 29.8 Å². The van der Waals surface area contributed by atoms with Crippen LogP contribution in [0.2, 0.25) is 5.02 Å². The molecule has 1 aliphatic rings. The summed E-state index contributed by atoms with van der Waals surface area (Å²) < 4.78 is 0.939. The molecule has 2 aromatic carbocycles. The lowest BCUT2D eigenvalue weighted by atomic mass is 10.1. The van der Waals surface area contributed by atoms with Gasteiger partial charge in [0.15, 0.2) is 5.11 Å². The van der Waals surface area contributed by atoms with E-state index in [0.717, 1.165) is 9.13 Å². The van der Waals surface area contributed by atoms with E-state index >= 15 is 0 Å². The third-order valence-corrected chi connectivity index (χ3v) is 4.91. The average molecular weight is 469 g/mol. The zero-order valence-electron chi connectivity index (χ0n) is 12.1. The molecule has 1 heterocycles. The molecule has 24 heavy (non-hydrogen) atoms. The highest BCUT2D eigenvalue weighted by molar-refractivity contribution is 14.1. The van der Waals surface area contributed by atoms with Gasteiger partial charge in [0.1, 0.15) is 5.57 Å². The molecule has 4 nitrogen and oxygen atoms in total. The van der Waals surface area contributed by atoms with Crippen molar-refractivity contribution in [2.24, 2.45) is 0 Å². The highest BCUT2D eigenvalue weighted by atomic mass is 127. The van der Waals surface area contributed by atoms with Crippen LogP contribution in [-0.4, -0.2) is 16.9 Å². The van der Waals surface area contributed by atoms with E-state index in [1.165, 1.54) is 4.90 Å². The zero-order chi connectivity index (χ0) is 17.3. The van der Waals surface area contributed by atoms with E-state index in [1.54, 1.807) is 30.3 Å². The van der Waals surface area contributed by atoms with E-state index in [9.17, 15) is 9.59 Å². The molecule has 0 atom stereocenters. The molecular weight excluding hydrogens is 459 g/mol. The van der Waals surface area contributed by atoms with Crippen LogP contribution in [0.15, 0.2) is 54.1 Å². The standard InChI is InChI=1S/C17H10ClIN2O2S/c18-11-5-7-12(8-6-11)21-16(23)13(15(22)20-17(21)24)9-10-3-1-2-4-14(10)19/h1-9H,(H,20,22,24). The molecule has 0 aliphatic carbocycles. The van der Waals surface area contributed by atoms with Crippen molar-refractivity contribution in [1.29, 1.82) is 0 Å². The van der Waals surface area contributed by atoms with Crippen LogP contribution in [0.1, 0.15) is 5.56 Å². The Kier molecular flexibility index (Phi) is 4.98. The van der Waals surface area contributed by atoms with Gasteiger partial charge in [0.25, 0.3) is 11.8 Å². The summed E-state index contributed by atoms with van der Waals surface area (Å²) in [6.07, 6.45) is 1.57. The number of benzene rings is 2. The number of halogens is 2. The van der Waals surface area contributed by atoms with Crippen molar-refractivity contribution in [3.05, 3.63) is 68.3 Å². The summed E-state index contributed by atoms with van der Waals surface area (Å²) in [7, 11) is 0. The van der Waals surface area contributed by atoms with E-state index < -0.39 is 11.8 Å². The first-order chi connectivity index (χ1) is 11.5. The predicted molar refractivity (Wildman–Crippen MR) is 107 cm³/mol. The summed E-state index contributed by atoms with van der Waals surface area (Å²) in [5, 5.41) is 3.15. The fourth-order valence-corrected chi connectivity index (χ4v) is 3.18. The van der Waals surface area contributed by atoms with Gasteiger partial charge >= 0.3 is 0 Å². The second-order valence-electron chi connectivity index (χ2n) is 4.96. The lowest BCUT2D eigenvalue weighted by Gasteiger charge is -2.29. The number of amides is 2. The third kappa shape index (κ3) is 3.35. The van der Waals surface area contributed by atoms with Crippen molar-refractivity contribution in [1.82, 2.24) is 5.32 Å². The minimum atomic E-state index is -0.505. The van der Waals surface area contributed by atoms with Gasteiger partial charge in [-0.25, -0.2) is 0 Å². The Balaban J connectivity index is 2.03. The van der Waals surface area contributed by atoms with Gasteiger partial charge < -0.3 is 0 Å². The molecule has 2 aromatic rings. The first-order valence-electron chi connectivity index (χ1n) is 6.89. The fraction of sp³-hybridized carbons (Fsp3) is 0. The number of hydrogen-bond acceptors (Lipinski definition) is 3. The first kappa shape index (κ1) is 17.1. The van der Waals surface area contributed by atoms with Crippen LogP contribution in [-0.2, 0) is 9.59 Å². The topological polar surface area (TPSA) is 49.4 Å². The van der Waals surface area contributed by atoms with Crippen LogP contribution in [0.25, 0.3) is 6.08 Å². The van der Waals surface area contributed by atoms with Crippen LogP contribution in [0.4, 0.5) is 5.69 Å². The summed E-state index contributed by atoms with van der Waals surface area (Å²) in [4.78, 5) is 26.3. The Morgan fingerprint density at radius 2 is 1.75 bits per heavy atom. The van der Waals surface area contributed by atoms with E-state index in [2.05, 4.69) is 27.9 Å². The monoisotopic (exact) mass is 468 g/mol. The predicted octanol–water partition coefficient (Wildman–Crippen LogP) is 3.78. The van der Waals surface area contributed by atoms with Crippen LogP contribution < -0.4 is 10.2 Å². The molecule has 2 amide bonds. The summed E-state index contributed by atoms with van der Waals surface area (Å²) in [6.45, 7) is 0. The number of carbonyl (C=O) groups is 2. The van der Waals surface area contributed by atoms with Gasteiger partial charge in [-0.05, 0) is 76.8 Å². The molecule has 0 unspecified atom stereocenters. The zero-order valence-corrected chi connectivity index (χ0v) is 15.9. The molecule has 1 N–H and O–H groups in total. The highest BCUT2D eigenvalue weighted by Crippen LogP contribution is 2.24. The molecule has 0 aromatic heterocycles. The molecule has 7 heteroatoms. The lowest BCUT2D eigenvalue weighted by Crippen LogP contribution is -2.54. The van der Waals surface area contributed by atoms with Crippen molar-refractivity contribution in [2.75, 3.05) is 4.90 Å². The molecular formula is C17H10ClIN2O2S. The number of carbonyl (C=O) groups excluding carboxylic acids is 2. The van der Waals surface area contributed by atoms with Crippen molar-refractivity contribution in [3.8, 4) is 0 Å².